The average Bonchev–Trinajstić information content (AvgIpc) is 3.30. The number of benzene rings is 1. The van der Waals surface area contributed by atoms with Gasteiger partial charge in [-0.05, 0) is 41.8 Å². The highest BCUT2D eigenvalue weighted by molar-refractivity contribution is 5.73. The second kappa shape index (κ2) is 11.3. The van der Waals surface area contributed by atoms with Crippen LogP contribution in [0.4, 0.5) is 14.5 Å². The third-order valence-electron chi connectivity index (χ3n) is 7.60. The van der Waals surface area contributed by atoms with Gasteiger partial charge in [-0.1, -0.05) is 6.92 Å². The summed E-state index contributed by atoms with van der Waals surface area (Å²) in [4.78, 5) is 24.9. The molecule has 0 saturated carbocycles. The number of nitrogens with two attached hydrogens (primary N) is 1. The molecule has 1 saturated heterocycles. The van der Waals surface area contributed by atoms with Crippen molar-refractivity contribution >= 4 is 17.1 Å². The quantitative estimate of drug-likeness (QED) is 0.377. The van der Waals surface area contributed by atoms with Gasteiger partial charge >= 0.3 is 0 Å². The van der Waals surface area contributed by atoms with Gasteiger partial charge in [0.2, 0.25) is 5.91 Å². The molecule has 5 rings (SSSR count). The van der Waals surface area contributed by atoms with Gasteiger partial charge in [-0.3, -0.25) is 9.78 Å². The molecule has 4 aromatic rings. The van der Waals surface area contributed by atoms with Crippen LogP contribution in [0.15, 0.2) is 48.9 Å². The summed E-state index contributed by atoms with van der Waals surface area (Å²) in [6.07, 6.45) is 5.60. The van der Waals surface area contributed by atoms with Crippen molar-refractivity contribution in [2.75, 3.05) is 32.1 Å². The molecule has 4 heterocycles. The van der Waals surface area contributed by atoms with Gasteiger partial charge in [0.05, 0.1) is 35.6 Å². The Morgan fingerprint density at radius 1 is 1.18 bits per heavy atom. The van der Waals surface area contributed by atoms with Crippen LogP contribution in [0.2, 0.25) is 0 Å². The first-order valence-corrected chi connectivity index (χ1v) is 13.2. The number of imidazole rings is 1. The first-order valence-electron chi connectivity index (χ1n) is 13.2. The van der Waals surface area contributed by atoms with E-state index in [1.54, 1.807) is 54.1 Å². The molecule has 0 bridgehead atoms. The Hall–Kier alpha value is -3.96. The summed E-state index contributed by atoms with van der Waals surface area (Å²) in [6.45, 7) is 5.06. The molecule has 0 spiro atoms. The summed E-state index contributed by atoms with van der Waals surface area (Å²) in [5.41, 5.74) is 9.52. The highest BCUT2D eigenvalue weighted by atomic mass is 19.1. The lowest BCUT2D eigenvalue weighted by Crippen LogP contribution is -2.62. The number of pyridine rings is 1. The summed E-state index contributed by atoms with van der Waals surface area (Å²) in [7, 11) is 3.27. The second-order valence-corrected chi connectivity index (χ2v) is 10.4. The third kappa shape index (κ3) is 5.26. The van der Waals surface area contributed by atoms with Crippen LogP contribution in [-0.4, -0.2) is 69.7 Å². The molecule has 3 aromatic heterocycles. The Balaban J connectivity index is 1.45. The number of likely N-dealkylation sites (N-methyl/N-ethyl adjacent to an activating group) is 1. The first-order chi connectivity index (χ1) is 19.2. The number of carbonyl (C=O) groups excluding carboxylic acids is 1. The monoisotopic (exact) mass is 549 g/mol. The molecule has 1 aliphatic heterocycles. The molecule has 9 nitrogen and oxygen atoms in total. The summed E-state index contributed by atoms with van der Waals surface area (Å²) in [5, 5.41) is 4.56. The van der Waals surface area contributed by atoms with Crippen LogP contribution >= 0.6 is 0 Å². The highest BCUT2D eigenvalue weighted by Gasteiger charge is 2.36. The molecule has 2 N–H and O–H groups in total. The molecule has 40 heavy (non-hydrogen) atoms. The lowest BCUT2D eigenvalue weighted by Gasteiger charge is -2.46. The number of rotatable bonds is 7. The zero-order valence-electron chi connectivity index (χ0n) is 23.0. The van der Waals surface area contributed by atoms with Crippen molar-refractivity contribution in [1.29, 1.82) is 0 Å². The molecule has 0 aliphatic carbocycles. The SMILES string of the molecule is COCc1cc(F)c(-c2ccc3cnc(Cc4cnccc4N4C[C@@H](N)[C@@H](N(C)C(C)=O)[C@@H](C)C4)n3n2)c(F)c1. The van der Waals surface area contributed by atoms with Gasteiger partial charge in [-0.15, -0.1) is 0 Å². The molecule has 11 heteroatoms. The van der Waals surface area contributed by atoms with Crippen LogP contribution in [0.3, 0.4) is 0 Å². The Labute approximate surface area is 231 Å². The number of methoxy groups -OCH3 is 1. The molecule has 0 unspecified atom stereocenters. The number of hydrogen-bond donors (Lipinski definition) is 1. The van der Waals surface area contributed by atoms with Crippen molar-refractivity contribution in [2.45, 2.75) is 39.0 Å². The predicted octanol–water partition coefficient (Wildman–Crippen LogP) is 3.44. The largest absolute Gasteiger partial charge is 0.380 e. The van der Waals surface area contributed by atoms with E-state index in [2.05, 4.69) is 26.9 Å². The molecule has 1 amide bonds. The van der Waals surface area contributed by atoms with Gasteiger partial charge in [0.15, 0.2) is 0 Å². The minimum Gasteiger partial charge on any atom is -0.380 e. The van der Waals surface area contributed by atoms with E-state index in [0.717, 1.165) is 17.8 Å². The number of carbonyl (C=O) groups is 1. The summed E-state index contributed by atoms with van der Waals surface area (Å²) >= 11 is 0. The molecular weight excluding hydrogens is 516 g/mol. The van der Waals surface area contributed by atoms with Crippen LogP contribution in [0.25, 0.3) is 16.8 Å². The van der Waals surface area contributed by atoms with Crippen LogP contribution in [0, 0.1) is 17.6 Å². The predicted molar refractivity (Wildman–Crippen MR) is 148 cm³/mol. The average molecular weight is 550 g/mol. The third-order valence-corrected chi connectivity index (χ3v) is 7.60. The number of hydrogen-bond acceptors (Lipinski definition) is 7. The Bertz CT molecular complexity index is 1510. The number of ether oxygens (including phenoxy) is 1. The van der Waals surface area contributed by atoms with Gasteiger partial charge in [0.1, 0.15) is 17.5 Å². The topological polar surface area (TPSA) is 102 Å². The number of anilines is 1. The Kier molecular flexibility index (Phi) is 7.77. The number of aromatic nitrogens is 4. The molecule has 1 fully saturated rings. The van der Waals surface area contributed by atoms with Crippen LogP contribution in [0.5, 0.6) is 0 Å². The maximum Gasteiger partial charge on any atom is 0.219 e. The van der Waals surface area contributed by atoms with E-state index in [4.69, 9.17) is 10.5 Å². The number of piperidine rings is 1. The van der Waals surface area contributed by atoms with E-state index in [0.29, 0.717) is 29.9 Å². The van der Waals surface area contributed by atoms with Crippen molar-refractivity contribution in [1.82, 2.24) is 24.5 Å². The smallest absolute Gasteiger partial charge is 0.219 e. The minimum absolute atomic E-state index is 0.00548. The van der Waals surface area contributed by atoms with Crippen molar-refractivity contribution in [3.8, 4) is 11.3 Å². The molecule has 1 aromatic carbocycles. The van der Waals surface area contributed by atoms with Crippen molar-refractivity contribution < 1.29 is 18.3 Å². The highest BCUT2D eigenvalue weighted by Crippen LogP contribution is 2.30. The zero-order chi connectivity index (χ0) is 28.6. The second-order valence-electron chi connectivity index (χ2n) is 10.4. The van der Waals surface area contributed by atoms with Crippen LogP contribution in [-0.2, 0) is 22.6 Å². The molecule has 210 valence electrons. The Morgan fingerprint density at radius 2 is 1.93 bits per heavy atom. The number of halogens is 2. The maximum absolute atomic E-state index is 14.9. The zero-order valence-corrected chi connectivity index (χ0v) is 23.0. The summed E-state index contributed by atoms with van der Waals surface area (Å²) in [6, 6.07) is 7.50. The lowest BCUT2D eigenvalue weighted by molar-refractivity contribution is -0.131. The number of amides is 1. The van der Waals surface area contributed by atoms with E-state index < -0.39 is 11.6 Å². The van der Waals surface area contributed by atoms with Crippen molar-refractivity contribution in [2.24, 2.45) is 11.7 Å². The fourth-order valence-electron chi connectivity index (χ4n) is 5.73. The van der Waals surface area contributed by atoms with E-state index in [9.17, 15) is 13.6 Å². The number of fused-ring (bicyclic) bond motifs is 1. The first kappa shape index (κ1) is 27.6. The molecule has 3 atom stereocenters. The van der Waals surface area contributed by atoms with Crippen LogP contribution in [0.1, 0.15) is 30.8 Å². The summed E-state index contributed by atoms with van der Waals surface area (Å²) in [5.74, 6) is -0.672. The standard InChI is InChI=1S/C29H33F2N7O2/c1-17-14-37(15-24(32)29(17)36(3)18(2)39)26-7-8-33-12-20(26)11-27-34-13-21-5-6-25(35-38(21)27)28-22(30)9-19(16-40-4)10-23(28)31/h5-10,12-13,17,24,29H,11,14-16,32H2,1-4H3/t17-,24+,29-/m0/s1. The van der Waals surface area contributed by atoms with Gasteiger partial charge < -0.3 is 20.3 Å². The molecule has 0 radical (unpaired) electrons. The van der Waals surface area contributed by atoms with E-state index in [1.807, 2.05) is 6.07 Å². The molecular formula is C29H33F2N7O2. The van der Waals surface area contributed by atoms with E-state index >= 15 is 0 Å². The van der Waals surface area contributed by atoms with Crippen molar-refractivity contribution in [3.63, 3.8) is 0 Å². The maximum atomic E-state index is 14.9. The van der Waals surface area contributed by atoms with Gasteiger partial charge in [-0.2, -0.15) is 5.10 Å². The van der Waals surface area contributed by atoms with E-state index in [1.165, 1.54) is 19.2 Å². The summed E-state index contributed by atoms with van der Waals surface area (Å²) < 4.78 is 36.5. The van der Waals surface area contributed by atoms with Gasteiger partial charge in [0.25, 0.3) is 0 Å². The van der Waals surface area contributed by atoms with Gasteiger partial charge in [0, 0.05) is 70.3 Å². The van der Waals surface area contributed by atoms with Crippen molar-refractivity contribution in [3.05, 3.63) is 77.5 Å². The van der Waals surface area contributed by atoms with Crippen LogP contribution < -0.4 is 10.6 Å². The van der Waals surface area contributed by atoms with Gasteiger partial charge in [-0.25, -0.2) is 18.3 Å². The lowest BCUT2D eigenvalue weighted by atomic mass is 9.88. The fourth-order valence-corrected chi connectivity index (χ4v) is 5.73. The Morgan fingerprint density at radius 3 is 2.60 bits per heavy atom. The fraction of sp³-hybridized carbons (Fsp3) is 0.379. The normalized spacial score (nSPS) is 19.3. The van der Waals surface area contributed by atoms with E-state index in [-0.39, 0.29) is 41.8 Å². The number of nitrogens with zero attached hydrogens (tertiary/aromatic N) is 6. The molecule has 1 aliphatic rings. The minimum atomic E-state index is -0.709.